The normalized spacial score (nSPS) is 10.8. The van der Waals surface area contributed by atoms with Crippen LogP contribution < -0.4 is 5.32 Å². The molecule has 0 aliphatic heterocycles. The first kappa shape index (κ1) is 15.4. The van der Waals surface area contributed by atoms with Crippen LogP contribution in [0.25, 0.3) is 16.9 Å². The van der Waals surface area contributed by atoms with Crippen molar-refractivity contribution in [3.05, 3.63) is 89.6 Å². The van der Waals surface area contributed by atoms with Crippen molar-refractivity contribution in [1.29, 1.82) is 0 Å². The van der Waals surface area contributed by atoms with Crippen LogP contribution >= 0.6 is 11.6 Å². The minimum atomic E-state index is -0.270. The monoisotopic (exact) mass is 347 g/mol. The van der Waals surface area contributed by atoms with Gasteiger partial charge in [-0.15, -0.1) is 0 Å². The first-order chi connectivity index (χ1) is 12.2. The lowest BCUT2D eigenvalue weighted by Crippen LogP contribution is -2.14. The van der Waals surface area contributed by atoms with Crippen LogP contribution in [0, 0.1) is 0 Å². The van der Waals surface area contributed by atoms with Crippen molar-refractivity contribution in [2.45, 2.75) is 0 Å². The molecule has 1 N–H and O–H groups in total. The Balaban J connectivity index is 1.83. The van der Waals surface area contributed by atoms with E-state index in [2.05, 4.69) is 10.3 Å². The maximum absolute atomic E-state index is 12.7. The van der Waals surface area contributed by atoms with Crippen LogP contribution in [-0.2, 0) is 0 Å². The van der Waals surface area contributed by atoms with Gasteiger partial charge >= 0.3 is 0 Å². The highest BCUT2D eigenvalue weighted by Gasteiger charge is 2.18. The quantitative estimate of drug-likeness (QED) is 0.572. The number of anilines is 1. The van der Waals surface area contributed by atoms with E-state index in [9.17, 15) is 4.79 Å². The predicted molar refractivity (Wildman–Crippen MR) is 100 cm³/mol. The van der Waals surface area contributed by atoms with Crippen LogP contribution in [-0.4, -0.2) is 15.3 Å². The molecular formula is C20H14ClN3O. The van der Waals surface area contributed by atoms with Gasteiger partial charge in [-0.25, -0.2) is 4.98 Å². The van der Waals surface area contributed by atoms with Crippen LogP contribution in [0.5, 0.6) is 0 Å². The highest BCUT2D eigenvalue weighted by Crippen LogP contribution is 2.29. The molecule has 2 aromatic carbocycles. The number of pyridine rings is 1. The molecule has 1 amide bonds. The maximum Gasteiger partial charge on any atom is 0.258 e. The average Bonchev–Trinajstić information content (AvgIpc) is 3.01. The molecule has 0 aliphatic carbocycles. The predicted octanol–water partition coefficient (Wildman–Crippen LogP) is 4.91. The second-order valence-electron chi connectivity index (χ2n) is 5.54. The summed E-state index contributed by atoms with van der Waals surface area (Å²) in [6, 6.07) is 22.4. The fourth-order valence-electron chi connectivity index (χ4n) is 2.73. The van der Waals surface area contributed by atoms with Gasteiger partial charge in [0, 0.05) is 11.8 Å². The smallest absolute Gasteiger partial charge is 0.258 e. The number of carbonyl (C=O) groups excluding carboxylic acids is 1. The zero-order valence-electron chi connectivity index (χ0n) is 13.2. The Bertz CT molecular complexity index is 1060. The number of amides is 1. The molecule has 0 bridgehead atoms. The van der Waals surface area contributed by atoms with Crippen molar-refractivity contribution < 1.29 is 4.79 Å². The molecule has 0 unspecified atom stereocenters. The summed E-state index contributed by atoms with van der Waals surface area (Å²) in [4.78, 5) is 17.4. The van der Waals surface area contributed by atoms with E-state index in [0.717, 1.165) is 11.2 Å². The van der Waals surface area contributed by atoms with E-state index in [-0.39, 0.29) is 5.91 Å². The molecule has 0 aliphatic rings. The molecule has 4 nitrogen and oxygen atoms in total. The molecule has 5 heteroatoms. The summed E-state index contributed by atoms with van der Waals surface area (Å²) in [6.45, 7) is 0. The third-order valence-electron chi connectivity index (χ3n) is 3.93. The topological polar surface area (TPSA) is 46.4 Å². The summed E-state index contributed by atoms with van der Waals surface area (Å²) in [5.41, 5.74) is 2.83. The molecule has 0 radical (unpaired) electrons. The highest BCUT2D eigenvalue weighted by molar-refractivity contribution is 6.34. The summed E-state index contributed by atoms with van der Waals surface area (Å²) < 4.78 is 1.86. The molecule has 0 fully saturated rings. The second kappa shape index (κ2) is 6.42. The molecule has 0 spiro atoms. The van der Waals surface area contributed by atoms with Crippen molar-refractivity contribution in [1.82, 2.24) is 9.38 Å². The summed E-state index contributed by atoms with van der Waals surface area (Å²) in [7, 11) is 0. The molecular weight excluding hydrogens is 334 g/mol. The van der Waals surface area contributed by atoms with Crippen LogP contribution in [0.1, 0.15) is 10.4 Å². The van der Waals surface area contributed by atoms with Gasteiger partial charge in [-0.1, -0.05) is 60.1 Å². The minimum Gasteiger partial charge on any atom is -0.306 e. The molecule has 0 saturated carbocycles. The fraction of sp³-hybridized carbons (Fsp3) is 0. The Hall–Kier alpha value is -3.11. The van der Waals surface area contributed by atoms with Crippen molar-refractivity contribution in [3.8, 4) is 11.3 Å². The van der Waals surface area contributed by atoms with Gasteiger partial charge in [0.05, 0.1) is 10.6 Å². The third kappa shape index (κ3) is 2.88. The summed E-state index contributed by atoms with van der Waals surface area (Å²) >= 11 is 6.15. The molecule has 25 heavy (non-hydrogen) atoms. The van der Waals surface area contributed by atoms with Crippen molar-refractivity contribution in [2.24, 2.45) is 0 Å². The SMILES string of the molecule is O=C(Nc1c(-c2ccccc2)nc2ccccn12)c1ccccc1Cl. The van der Waals surface area contributed by atoms with Crippen LogP contribution in [0.2, 0.25) is 5.02 Å². The number of fused-ring (bicyclic) bond motifs is 1. The molecule has 122 valence electrons. The zero-order chi connectivity index (χ0) is 17.2. The van der Waals surface area contributed by atoms with Gasteiger partial charge in [0.2, 0.25) is 0 Å². The maximum atomic E-state index is 12.7. The van der Waals surface area contributed by atoms with E-state index < -0.39 is 0 Å². The number of rotatable bonds is 3. The first-order valence-electron chi connectivity index (χ1n) is 7.82. The summed E-state index contributed by atoms with van der Waals surface area (Å²) in [5, 5.41) is 3.38. The van der Waals surface area contributed by atoms with Crippen LogP contribution in [0.4, 0.5) is 5.82 Å². The number of carbonyl (C=O) groups is 1. The Morgan fingerprint density at radius 3 is 2.44 bits per heavy atom. The molecule has 2 heterocycles. The summed E-state index contributed by atoms with van der Waals surface area (Å²) in [5.74, 6) is 0.347. The van der Waals surface area contributed by atoms with Crippen LogP contribution in [0.15, 0.2) is 79.0 Å². The Labute approximate surface area is 149 Å². The molecule has 4 rings (SSSR count). The van der Waals surface area contributed by atoms with Crippen molar-refractivity contribution in [2.75, 3.05) is 5.32 Å². The van der Waals surface area contributed by atoms with Gasteiger partial charge in [0.15, 0.2) is 0 Å². The largest absolute Gasteiger partial charge is 0.306 e. The number of halogens is 1. The fourth-order valence-corrected chi connectivity index (χ4v) is 2.95. The van der Waals surface area contributed by atoms with Gasteiger partial charge in [-0.3, -0.25) is 9.20 Å². The van der Waals surface area contributed by atoms with Gasteiger partial charge in [-0.05, 0) is 24.3 Å². The molecule has 0 saturated heterocycles. The lowest BCUT2D eigenvalue weighted by atomic mass is 10.1. The second-order valence-corrected chi connectivity index (χ2v) is 5.95. The average molecular weight is 348 g/mol. The number of nitrogens with zero attached hydrogens (tertiary/aromatic N) is 2. The number of nitrogens with one attached hydrogen (secondary N) is 1. The number of benzene rings is 2. The van der Waals surface area contributed by atoms with Crippen LogP contribution in [0.3, 0.4) is 0 Å². The van der Waals surface area contributed by atoms with E-state index in [4.69, 9.17) is 11.6 Å². The standard InChI is InChI=1S/C20H14ClN3O/c21-16-11-5-4-10-15(16)20(25)23-19-18(14-8-2-1-3-9-14)22-17-12-6-7-13-24(17)19/h1-13H,(H,23,25). The Morgan fingerprint density at radius 2 is 1.64 bits per heavy atom. The Morgan fingerprint density at radius 1 is 0.920 bits per heavy atom. The molecule has 4 aromatic rings. The van der Waals surface area contributed by atoms with Gasteiger partial charge < -0.3 is 5.32 Å². The van der Waals surface area contributed by atoms with E-state index >= 15 is 0 Å². The number of hydrogen-bond donors (Lipinski definition) is 1. The third-order valence-corrected chi connectivity index (χ3v) is 4.26. The van der Waals surface area contributed by atoms with E-state index in [1.54, 1.807) is 24.3 Å². The highest BCUT2D eigenvalue weighted by atomic mass is 35.5. The summed E-state index contributed by atoms with van der Waals surface area (Å²) in [6.07, 6.45) is 1.87. The molecule has 0 atom stereocenters. The zero-order valence-corrected chi connectivity index (χ0v) is 13.9. The van der Waals surface area contributed by atoms with Gasteiger partial charge in [0.1, 0.15) is 17.2 Å². The Kier molecular flexibility index (Phi) is 3.96. The minimum absolute atomic E-state index is 0.270. The van der Waals surface area contributed by atoms with Gasteiger partial charge in [-0.2, -0.15) is 0 Å². The number of imidazole rings is 1. The number of aromatic nitrogens is 2. The van der Waals surface area contributed by atoms with E-state index in [0.29, 0.717) is 22.1 Å². The lowest BCUT2D eigenvalue weighted by Gasteiger charge is -2.09. The van der Waals surface area contributed by atoms with E-state index in [1.807, 2.05) is 59.1 Å². The lowest BCUT2D eigenvalue weighted by molar-refractivity contribution is 0.102. The van der Waals surface area contributed by atoms with Crippen molar-refractivity contribution in [3.63, 3.8) is 0 Å². The van der Waals surface area contributed by atoms with E-state index in [1.165, 1.54) is 0 Å². The van der Waals surface area contributed by atoms with Crippen molar-refractivity contribution >= 4 is 29.0 Å². The first-order valence-corrected chi connectivity index (χ1v) is 8.20. The number of hydrogen-bond acceptors (Lipinski definition) is 2. The van der Waals surface area contributed by atoms with Gasteiger partial charge in [0.25, 0.3) is 5.91 Å². The molecule has 2 aromatic heterocycles.